The highest BCUT2D eigenvalue weighted by molar-refractivity contribution is 9.10. The minimum atomic E-state index is -0.118. The molecule has 92 valence electrons. The Bertz CT molecular complexity index is 623. The van der Waals surface area contributed by atoms with E-state index in [4.69, 9.17) is 23.2 Å². The minimum Gasteiger partial charge on any atom is -0.289 e. The number of carbonyl (C=O) groups excluding carboxylic acids is 1. The summed E-state index contributed by atoms with van der Waals surface area (Å²) in [6.45, 7) is 1.89. The quantitative estimate of drug-likeness (QED) is 0.676. The molecule has 2 aromatic carbocycles. The Balaban J connectivity index is 2.51. The van der Waals surface area contributed by atoms with E-state index >= 15 is 0 Å². The van der Waals surface area contributed by atoms with Gasteiger partial charge in [-0.3, -0.25) is 4.79 Å². The molecule has 2 rings (SSSR count). The predicted molar refractivity (Wildman–Crippen MR) is 78.8 cm³/mol. The van der Waals surface area contributed by atoms with E-state index < -0.39 is 0 Å². The highest BCUT2D eigenvalue weighted by Gasteiger charge is 2.15. The summed E-state index contributed by atoms with van der Waals surface area (Å²) in [4.78, 5) is 12.4. The van der Waals surface area contributed by atoms with Gasteiger partial charge in [0.15, 0.2) is 5.78 Å². The Kier molecular flexibility index (Phi) is 4.10. The van der Waals surface area contributed by atoms with Crippen LogP contribution in [0, 0.1) is 6.92 Å². The fourth-order valence-electron chi connectivity index (χ4n) is 1.70. The van der Waals surface area contributed by atoms with E-state index in [1.165, 1.54) is 0 Å². The van der Waals surface area contributed by atoms with E-state index in [-0.39, 0.29) is 5.78 Å². The number of carbonyl (C=O) groups is 1. The smallest absolute Gasteiger partial charge is 0.194 e. The van der Waals surface area contributed by atoms with E-state index in [1.807, 2.05) is 19.1 Å². The van der Waals surface area contributed by atoms with Gasteiger partial charge in [0.2, 0.25) is 0 Å². The van der Waals surface area contributed by atoms with Crippen LogP contribution in [-0.2, 0) is 0 Å². The average Bonchev–Trinajstić information content (AvgIpc) is 2.31. The highest BCUT2D eigenvalue weighted by Crippen LogP contribution is 2.25. The Hall–Kier alpha value is -0.830. The number of benzene rings is 2. The van der Waals surface area contributed by atoms with Crippen LogP contribution in [0.2, 0.25) is 10.0 Å². The maximum atomic E-state index is 12.4. The molecule has 2 aromatic rings. The molecule has 0 aliphatic rings. The maximum absolute atomic E-state index is 12.4. The zero-order valence-corrected chi connectivity index (χ0v) is 12.6. The molecule has 0 N–H and O–H groups in total. The second-order valence-electron chi connectivity index (χ2n) is 3.91. The van der Waals surface area contributed by atoms with Gasteiger partial charge in [-0.05, 0) is 48.9 Å². The lowest BCUT2D eigenvalue weighted by Gasteiger charge is -2.07. The highest BCUT2D eigenvalue weighted by atomic mass is 79.9. The molecule has 0 amide bonds. The van der Waals surface area contributed by atoms with Crippen LogP contribution < -0.4 is 0 Å². The van der Waals surface area contributed by atoms with Crippen LogP contribution in [0.4, 0.5) is 0 Å². The van der Waals surface area contributed by atoms with Crippen LogP contribution in [0.25, 0.3) is 0 Å². The topological polar surface area (TPSA) is 17.1 Å². The second kappa shape index (κ2) is 5.43. The van der Waals surface area contributed by atoms with Crippen molar-refractivity contribution in [2.24, 2.45) is 0 Å². The van der Waals surface area contributed by atoms with Gasteiger partial charge in [0.1, 0.15) is 0 Å². The molecular weight excluding hydrogens is 335 g/mol. The Morgan fingerprint density at radius 3 is 2.44 bits per heavy atom. The monoisotopic (exact) mass is 342 g/mol. The molecule has 0 fully saturated rings. The summed E-state index contributed by atoms with van der Waals surface area (Å²) < 4.78 is 0.939. The number of halogens is 3. The van der Waals surface area contributed by atoms with Crippen LogP contribution in [0.15, 0.2) is 40.9 Å². The van der Waals surface area contributed by atoms with Gasteiger partial charge in [0.05, 0.1) is 5.02 Å². The first-order valence-corrected chi connectivity index (χ1v) is 6.80. The molecule has 0 heterocycles. The van der Waals surface area contributed by atoms with Crippen molar-refractivity contribution in [3.05, 3.63) is 67.6 Å². The van der Waals surface area contributed by atoms with Crippen LogP contribution in [0.1, 0.15) is 21.5 Å². The van der Waals surface area contributed by atoms with Crippen LogP contribution in [-0.4, -0.2) is 5.78 Å². The fraction of sp³-hybridized carbons (Fsp3) is 0.0714. The molecule has 0 aliphatic carbocycles. The van der Waals surface area contributed by atoms with E-state index in [1.54, 1.807) is 24.3 Å². The van der Waals surface area contributed by atoms with Crippen molar-refractivity contribution in [1.29, 1.82) is 0 Å². The minimum absolute atomic E-state index is 0.118. The number of aryl methyl sites for hydroxylation is 1. The molecular formula is C14H9BrCl2O. The molecule has 0 radical (unpaired) electrons. The Labute approximate surface area is 124 Å². The molecule has 0 unspecified atom stereocenters. The van der Waals surface area contributed by atoms with Gasteiger partial charge < -0.3 is 0 Å². The number of hydrogen-bond donors (Lipinski definition) is 0. The number of ketones is 1. The van der Waals surface area contributed by atoms with Crippen molar-refractivity contribution in [1.82, 2.24) is 0 Å². The van der Waals surface area contributed by atoms with Crippen molar-refractivity contribution in [3.8, 4) is 0 Å². The van der Waals surface area contributed by atoms with Gasteiger partial charge in [-0.1, -0.05) is 39.1 Å². The summed E-state index contributed by atoms with van der Waals surface area (Å²) in [5.41, 5.74) is 1.95. The summed E-state index contributed by atoms with van der Waals surface area (Å²) in [6.07, 6.45) is 0. The van der Waals surface area contributed by atoms with Gasteiger partial charge in [-0.25, -0.2) is 0 Å². The summed E-state index contributed by atoms with van der Waals surface area (Å²) in [6, 6.07) is 10.4. The molecule has 4 heteroatoms. The first-order valence-electron chi connectivity index (χ1n) is 5.25. The number of rotatable bonds is 2. The number of hydrogen-bond acceptors (Lipinski definition) is 1. The SMILES string of the molecule is Cc1cc(Br)ccc1C(=O)c1cc(Cl)ccc1Cl. The third-order valence-electron chi connectivity index (χ3n) is 2.61. The summed E-state index contributed by atoms with van der Waals surface area (Å²) in [5, 5.41) is 0.907. The third kappa shape index (κ3) is 2.77. The first-order chi connectivity index (χ1) is 8.49. The zero-order chi connectivity index (χ0) is 13.3. The van der Waals surface area contributed by atoms with E-state index in [9.17, 15) is 4.79 Å². The first kappa shape index (κ1) is 13.6. The molecule has 0 aliphatic heterocycles. The van der Waals surface area contributed by atoms with Crippen molar-refractivity contribution < 1.29 is 4.79 Å². The summed E-state index contributed by atoms with van der Waals surface area (Å²) in [7, 11) is 0. The zero-order valence-electron chi connectivity index (χ0n) is 9.51. The van der Waals surface area contributed by atoms with E-state index in [0.29, 0.717) is 21.2 Å². The summed E-state index contributed by atoms with van der Waals surface area (Å²) in [5.74, 6) is -0.118. The van der Waals surface area contributed by atoms with E-state index in [0.717, 1.165) is 10.0 Å². The van der Waals surface area contributed by atoms with Crippen molar-refractivity contribution in [2.75, 3.05) is 0 Å². The molecule has 0 saturated heterocycles. The van der Waals surface area contributed by atoms with Crippen molar-refractivity contribution in [2.45, 2.75) is 6.92 Å². The molecule has 0 saturated carbocycles. The molecule has 18 heavy (non-hydrogen) atoms. The molecule has 0 spiro atoms. The predicted octanol–water partition coefficient (Wildman–Crippen LogP) is 5.30. The Morgan fingerprint density at radius 2 is 1.78 bits per heavy atom. The lowest BCUT2D eigenvalue weighted by atomic mass is 9.99. The molecule has 1 nitrogen and oxygen atoms in total. The van der Waals surface area contributed by atoms with Gasteiger partial charge in [-0.15, -0.1) is 0 Å². The van der Waals surface area contributed by atoms with Crippen LogP contribution in [0.3, 0.4) is 0 Å². The van der Waals surface area contributed by atoms with Gasteiger partial charge in [-0.2, -0.15) is 0 Å². The average molecular weight is 344 g/mol. The van der Waals surface area contributed by atoms with Crippen LogP contribution in [0.5, 0.6) is 0 Å². The molecule has 0 bridgehead atoms. The van der Waals surface area contributed by atoms with Gasteiger partial charge >= 0.3 is 0 Å². The fourth-order valence-corrected chi connectivity index (χ4v) is 2.55. The van der Waals surface area contributed by atoms with E-state index in [2.05, 4.69) is 15.9 Å². The largest absolute Gasteiger partial charge is 0.289 e. The van der Waals surface area contributed by atoms with Gasteiger partial charge in [0.25, 0.3) is 0 Å². The Morgan fingerprint density at radius 1 is 1.06 bits per heavy atom. The normalized spacial score (nSPS) is 10.4. The van der Waals surface area contributed by atoms with Crippen molar-refractivity contribution in [3.63, 3.8) is 0 Å². The second-order valence-corrected chi connectivity index (χ2v) is 5.67. The molecule has 0 aromatic heterocycles. The van der Waals surface area contributed by atoms with Gasteiger partial charge in [0, 0.05) is 20.6 Å². The third-order valence-corrected chi connectivity index (χ3v) is 3.66. The molecule has 0 atom stereocenters. The maximum Gasteiger partial charge on any atom is 0.194 e. The van der Waals surface area contributed by atoms with Crippen LogP contribution >= 0.6 is 39.1 Å². The lowest BCUT2D eigenvalue weighted by Crippen LogP contribution is -2.04. The lowest BCUT2D eigenvalue weighted by molar-refractivity contribution is 0.103. The van der Waals surface area contributed by atoms with Crippen molar-refractivity contribution >= 4 is 44.9 Å². The standard InChI is InChI=1S/C14H9BrCl2O/c1-8-6-9(15)2-4-11(8)14(18)12-7-10(16)3-5-13(12)17/h2-7H,1H3. The summed E-state index contributed by atoms with van der Waals surface area (Å²) >= 11 is 15.3.